The summed E-state index contributed by atoms with van der Waals surface area (Å²) in [5.74, 6) is 0.189. The van der Waals surface area contributed by atoms with Crippen LogP contribution in [-0.4, -0.2) is 27.0 Å². The maximum Gasteiger partial charge on any atom is 0.425 e. The van der Waals surface area contributed by atoms with Gasteiger partial charge in [-0.2, -0.15) is 17.9 Å². The van der Waals surface area contributed by atoms with Crippen LogP contribution >= 0.6 is 11.8 Å². The summed E-state index contributed by atoms with van der Waals surface area (Å²) in [4.78, 5) is 13.9. The van der Waals surface area contributed by atoms with Gasteiger partial charge in [0.1, 0.15) is 0 Å². The second-order valence-corrected chi connectivity index (χ2v) is 6.75. The van der Waals surface area contributed by atoms with Crippen molar-refractivity contribution in [2.45, 2.75) is 16.2 Å². The van der Waals surface area contributed by atoms with Gasteiger partial charge in [0.25, 0.3) is 0 Å². The van der Waals surface area contributed by atoms with Crippen LogP contribution in [0, 0.1) is 0 Å². The Morgan fingerprint density at radius 2 is 1.62 bits per heavy atom. The Balaban J connectivity index is 1.84. The molecule has 0 aliphatic carbocycles. The van der Waals surface area contributed by atoms with Gasteiger partial charge in [-0.15, -0.1) is 5.10 Å². The first kappa shape index (κ1) is 16.6. The van der Waals surface area contributed by atoms with Gasteiger partial charge < -0.3 is 5.32 Å². The molecule has 0 saturated carbocycles. The van der Waals surface area contributed by atoms with Crippen LogP contribution in [0.1, 0.15) is 5.56 Å². The summed E-state index contributed by atoms with van der Waals surface area (Å²) in [7, 11) is 0. The number of hydrogen-bond acceptors (Lipinski definition) is 4. The zero-order valence-corrected chi connectivity index (χ0v) is 13.9. The van der Waals surface area contributed by atoms with Crippen molar-refractivity contribution < 1.29 is 18.0 Å². The summed E-state index contributed by atoms with van der Waals surface area (Å²) in [5, 5.41) is 6.00. The molecule has 0 unspecified atom stereocenters. The van der Waals surface area contributed by atoms with Gasteiger partial charge in [0.15, 0.2) is 11.0 Å². The zero-order valence-electron chi connectivity index (χ0n) is 13.1. The van der Waals surface area contributed by atoms with Gasteiger partial charge in [0.05, 0.1) is 0 Å². The average molecular weight is 376 g/mol. The monoisotopic (exact) mass is 376 g/mol. The topological polar surface area (TPSA) is 59.8 Å². The molecule has 1 aliphatic rings. The number of fused-ring (bicyclic) bond motifs is 1. The van der Waals surface area contributed by atoms with E-state index in [0.717, 1.165) is 4.68 Å². The van der Waals surface area contributed by atoms with E-state index >= 15 is 0 Å². The molecule has 1 aromatic heterocycles. The predicted octanol–water partition coefficient (Wildman–Crippen LogP) is 4.02. The third-order valence-corrected chi connectivity index (χ3v) is 5.23. The molecule has 1 aliphatic heterocycles. The smallest absolute Gasteiger partial charge is 0.309 e. The number of aromatic nitrogens is 3. The van der Waals surface area contributed by atoms with Gasteiger partial charge in [-0.25, -0.2) is 9.78 Å². The number of carbonyl (C=O) groups excluding carboxylic acids is 1. The van der Waals surface area contributed by atoms with Crippen LogP contribution in [0.25, 0.3) is 11.4 Å². The lowest BCUT2D eigenvalue weighted by Crippen LogP contribution is -2.57. The fraction of sp³-hybridized carbons (Fsp3) is 0.118. The largest absolute Gasteiger partial charge is 0.425 e. The normalized spacial score (nSPS) is 19.7. The molecule has 1 atom stereocenters. The lowest BCUT2D eigenvalue weighted by atomic mass is 10.1. The summed E-state index contributed by atoms with van der Waals surface area (Å²) in [6.07, 6.45) is -4.74. The minimum Gasteiger partial charge on any atom is -0.309 e. The first-order valence-electron chi connectivity index (χ1n) is 7.57. The summed E-state index contributed by atoms with van der Waals surface area (Å²) in [6, 6.07) is 15.0. The third kappa shape index (κ3) is 2.55. The fourth-order valence-electron chi connectivity index (χ4n) is 2.67. The number of alkyl halides is 3. The molecule has 0 saturated heterocycles. The third-order valence-electron chi connectivity index (χ3n) is 3.91. The average Bonchev–Trinajstić information content (AvgIpc) is 3.07. The number of halogens is 3. The van der Waals surface area contributed by atoms with Crippen molar-refractivity contribution in [1.29, 1.82) is 0 Å². The SMILES string of the molecule is O=C1N[C@@](c2ccccc2)(C(F)(F)F)Sc2nc(-c3ccccc3)nn21. The first-order valence-corrected chi connectivity index (χ1v) is 8.39. The van der Waals surface area contributed by atoms with Crippen molar-refractivity contribution in [2.75, 3.05) is 0 Å². The Kier molecular flexibility index (Phi) is 3.76. The first-order chi connectivity index (χ1) is 12.4. The summed E-state index contributed by atoms with van der Waals surface area (Å²) >= 11 is 0.416. The van der Waals surface area contributed by atoms with E-state index in [-0.39, 0.29) is 16.5 Å². The Bertz CT molecular complexity index is 959. The highest BCUT2D eigenvalue weighted by Gasteiger charge is 2.61. The van der Waals surface area contributed by atoms with Crippen LogP contribution in [0.2, 0.25) is 0 Å². The second kappa shape index (κ2) is 5.87. The van der Waals surface area contributed by atoms with Gasteiger partial charge in [-0.3, -0.25) is 0 Å². The van der Waals surface area contributed by atoms with Crippen molar-refractivity contribution in [2.24, 2.45) is 0 Å². The van der Waals surface area contributed by atoms with Gasteiger partial charge in [0.2, 0.25) is 4.87 Å². The van der Waals surface area contributed by atoms with Gasteiger partial charge in [-0.1, -0.05) is 60.7 Å². The molecular weight excluding hydrogens is 365 g/mol. The lowest BCUT2D eigenvalue weighted by Gasteiger charge is -2.37. The molecule has 9 heteroatoms. The Morgan fingerprint density at radius 1 is 1.00 bits per heavy atom. The summed E-state index contributed by atoms with van der Waals surface area (Å²) < 4.78 is 42.8. The molecule has 0 bridgehead atoms. The molecule has 132 valence electrons. The molecule has 0 fully saturated rings. The van der Waals surface area contributed by atoms with E-state index in [4.69, 9.17) is 0 Å². The fourth-order valence-corrected chi connectivity index (χ4v) is 3.79. The number of thioether (sulfide) groups is 1. The van der Waals surface area contributed by atoms with Gasteiger partial charge in [0, 0.05) is 5.56 Å². The van der Waals surface area contributed by atoms with Gasteiger partial charge in [-0.05, 0) is 17.3 Å². The number of nitrogens with one attached hydrogen (secondary N) is 1. The minimum absolute atomic E-state index is 0.0821. The molecule has 1 amide bonds. The van der Waals surface area contributed by atoms with E-state index < -0.39 is 17.1 Å². The van der Waals surface area contributed by atoms with E-state index in [1.165, 1.54) is 24.3 Å². The van der Waals surface area contributed by atoms with Crippen LogP contribution in [0.3, 0.4) is 0 Å². The molecule has 2 aromatic carbocycles. The molecule has 1 N–H and O–H groups in total. The molecule has 3 aromatic rings. The highest BCUT2D eigenvalue weighted by molar-refractivity contribution is 8.00. The van der Waals surface area contributed by atoms with Crippen molar-refractivity contribution in [3.05, 3.63) is 66.2 Å². The number of hydrogen-bond donors (Lipinski definition) is 1. The Labute approximate surface area is 150 Å². The van der Waals surface area contributed by atoms with E-state index in [9.17, 15) is 18.0 Å². The van der Waals surface area contributed by atoms with Crippen molar-refractivity contribution in [3.63, 3.8) is 0 Å². The highest BCUT2D eigenvalue weighted by Crippen LogP contribution is 2.51. The zero-order chi connectivity index (χ0) is 18.4. The van der Waals surface area contributed by atoms with Crippen LogP contribution in [0.4, 0.5) is 18.0 Å². The number of benzene rings is 2. The second-order valence-electron chi connectivity index (χ2n) is 5.57. The molecule has 0 spiro atoms. The molecule has 0 radical (unpaired) electrons. The van der Waals surface area contributed by atoms with E-state index in [1.54, 1.807) is 36.4 Å². The van der Waals surface area contributed by atoms with Crippen molar-refractivity contribution in [1.82, 2.24) is 20.1 Å². The van der Waals surface area contributed by atoms with Crippen LogP contribution < -0.4 is 5.32 Å². The molecule has 5 nitrogen and oxygen atoms in total. The number of amides is 1. The van der Waals surface area contributed by atoms with Crippen molar-refractivity contribution in [3.8, 4) is 11.4 Å². The number of nitrogens with zero attached hydrogens (tertiary/aromatic N) is 3. The Morgan fingerprint density at radius 3 is 2.23 bits per heavy atom. The summed E-state index contributed by atoms with van der Waals surface area (Å²) in [6.45, 7) is 0. The minimum atomic E-state index is -4.74. The van der Waals surface area contributed by atoms with E-state index in [2.05, 4.69) is 15.4 Å². The van der Waals surface area contributed by atoms with Crippen LogP contribution in [-0.2, 0) is 4.87 Å². The predicted molar refractivity (Wildman–Crippen MR) is 89.4 cm³/mol. The van der Waals surface area contributed by atoms with E-state index in [1.807, 2.05) is 0 Å². The van der Waals surface area contributed by atoms with Crippen LogP contribution in [0.15, 0.2) is 65.8 Å². The maximum atomic E-state index is 14.0. The van der Waals surface area contributed by atoms with Crippen LogP contribution in [0.5, 0.6) is 0 Å². The molecule has 4 rings (SSSR count). The molecular formula is C17H11F3N4OS. The Hall–Kier alpha value is -2.81. The molecule has 2 heterocycles. The standard InChI is InChI=1S/C17H11F3N4OS/c18-17(19,20)16(12-9-5-2-6-10-12)22-14(25)24-15(26-16)21-13(23-24)11-7-3-1-4-8-11/h1-10H,(H,22,25)/t16-/m1/s1. The quantitative estimate of drug-likeness (QED) is 0.734. The number of rotatable bonds is 2. The molecule has 26 heavy (non-hydrogen) atoms. The summed E-state index contributed by atoms with van der Waals surface area (Å²) in [5.41, 5.74) is 0.529. The number of carbonyl (C=O) groups is 1. The van der Waals surface area contributed by atoms with E-state index in [0.29, 0.717) is 17.3 Å². The van der Waals surface area contributed by atoms with Gasteiger partial charge >= 0.3 is 12.2 Å². The van der Waals surface area contributed by atoms with Crippen molar-refractivity contribution >= 4 is 17.8 Å². The maximum absolute atomic E-state index is 14.0. The highest BCUT2D eigenvalue weighted by atomic mass is 32.2. The lowest BCUT2D eigenvalue weighted by molar-refractivity contribution is -0.168.